The van der Waals surface area contributed by atoms with Crippen molar-refractivity contribution >= 4 is 17.7 Å². The number of ketones is 1. The second-order valence-electron chi connectivity index (χ2n) is 6.27. The van der Waals surface area contributed by atoms with Crippen molar-refractivity contribution in [1.82, 2.24) is 4.90 Å². The second-order valence-corrected chi connectivity index (χ2v) is 6.27. The molecule has 3 rings (SSSR count). The number of nitrogens with zero attached hydrogens (tertiary/aromatic N) is 1. The number of carbonyl (C=O) groups excluding carboxylic acids is 2. The lowest BCUT2D eigenvalue weighted by Crippen LogP contribution is -2.37. The molecular weight excluding hydrogens is 337 g/mol. The Labute approximate surface area is 150 Å². The molecule has 1 heterocycles. The van der Waals surface area contributed by atoms with Crippen LogP contribution in [0.15, 0.2) is 48.5 Å². The van der Waals surface area contributed by atoms with E-state index in [1.54, 1.807) is 24.3 Å². The molecule has 2 aromatic rings. The quantitative estimate of drug-likeness (QED) is 0.836. The number of rotatable bonds is 5. The number of carbonyl (C=O) groups is 3. The molecule has 1 unspecified atom stereocenters. The van der Waals surface area contributed by atoms with Crippen molar-refractivity contribution in [2.24, 2.45) is 0 Å². The van der Waals surface area contributed by atoms with E-state index in [0.29, 0.717) is 13.0 Å². The Hall–Kier alpha value is -3.02. The number of halogens is 1. The molecule has 1 aliphatic heterocycles. The van der Waals surface area contributed by atoms with Gasteiger partial charge in [0.2, 0.25) is 0 Å². The summed E-state index contributed by atoms with van der Waals surface area (Å²) in [5.74, 6) is -2.12. The minimum Gasteiger partial charge on any atom is -0.481 e. The molecule has 2 aromatic carbocycles. The van der Waals surface area contributed by atoms with Crippen molar-refractivity contribution < 1.29 is 23.9 Å². The Morgan fingerprint density at radius 1 is 1.04 bits per heavy atom. The van der Waals surface area contributed by atoms with Crippen molar-refractivity contribution in [1.29, 1.82) is 0 Å². The van der Waals surface area contributed by atoms with E-state index in [1.165, 1.54) is 29.2 Å². The van der Waals surface area contributed by atoms with E-state index < -0.39 is 11.8 Å². The third-order valence-electron chi connectivity index (χ3n) is 4.56. The molecule has 1 amide bonds. The summed E-state index contributed by atoms with van der Waals surface area (Å²) >= 11 is 0. The molecule has 6 heteroatoms. The van der Waals surface area contributed by atoms with Crippen LogP contribution >= 0.6 is 0 Å². The molecule has 1 saturated heterocycles. The Morgan fingerprint density at radius 2 is 1.69 bits per heavy atom. The fourth-order valence-corrected chi connectivity index (χ4v) is 3.30. The van der Waals surface area contributed by atoms with E-state index in [0.717, 1.165) is 6.42 Å². The van der Waals surface area contributed by atoms with Crippen LogP contribution in [0.1, 0.15) is 45.5 Å². The molecule has 0 saturated carbocycles. The molecule has 1 atom stereocenters. The van der Waals surface area contributed by atoms with Gasteiger partial charge in [-0.25, -0.2) is 4.39 Å². The van der Waals surface area contributed by atoms with Gasteiger partial charge in [-0.05, 0) is 43.2 Å². The highest BCUT2D eigenvalue weighted by Gasteiger charge is 2.32. The van der Waals surface area contributed by atoms with E-state index in [4.69, 9.17) is 5.11 Å². The van der Waals surface area contributed by atoms with Crippen LogP contribution in [0.2, 0.25) is 0 Å². The van der Waals surface area contributed by atoms with E-state index in [1.807, 2.05) is 0 Å². The van der Waals surface area contributed by atoms with Crippen LogP contribution in [0.25, 0.3) is 0 Å². The standard InChI is InChI=1S/C20H18FNO4/c21-14-9-7-13(8-10-14)19(25)16-5-1-2-6-17(16)20(26)22-11-3-4-15(22)12-18(23)24/h1-2,5-10,15H,3-4,11-12H2,(H,23,24). The van der Waals surface area contributed by atoms with Gasteiger partial charge in [-0.15, -0.1) is 0 Å². The number of aliphatic carboxylic acids is 1. The number of hydrogen-bond acceptors (Lipinski definition) is 3. The first kappa shape index (κ1) is 17.8. The van der Waals surface area contributed by atoms with Crippen molar-refractivity contribution in [2.75, 3.05) is 6.54 Å². The van der Waals surface area contributed by atoms with Crippen LogP contribution < -0.4 is 0 Å². The maximum atomic E-state index is 13.1. The molecule has 26 heavy (non-hydrogen) atoms. The van der Waals surface area contributed by atoms with Gasteiger partial charge in [-0.3, -0.25) is 14.4 Å². The van der Waals surface area contributed by atoms with Gasteiger partial charge in [0, 0.05) is 23.7 Å². The predicted molar refractivity (Wildman–Crippen MR) is 92.6 cm³/mol. The zero-order chi connectivity index (χ0) is 18.7. The van der Waals surface area contributed by atoms with Crippen molar-refractivity contribution in [3.05, 3.63) is 71.0 Å². The molecule has 5 nitrogen and oxygen atoms in total. The first-order valence-corrected chi connectivity index (χ1v) is 8.39. The predicted octanol–water partition coefficient (Wildman–Crippen LogP) is 3.14. The maximum absolute atomic E-state index is 13.1. The monoisotopic (exact) mass is 355 g/mol. The van der Waals surface area contributed by atoms with Crippen molar-refractivity contribution in [3.63, 3.8) is 0 Å². The molecule has 1 aliphatic rings. The van der Waals surface area contributed by atoms with Crippen LogP contribution in [0.3, 0.4) is 0 Å². The lowest BCUT2D eigenvalue weighted by atomic mass is 9.97. The van der Waals surface area contributed by atoms with Gasteiger partial charge in [-0.2, -0.15) is 0 Å². The molecule has 0 bridgehead atoms. The number of hydrogen-bond donors (Lipinski definition) is 1. The van der Waals surface area contributed by atoms with Crippen molar-refractivity contribution in [2.45, 2.75) is 25.3 Å². The van der Waals surface area contributed by atoms with Crippen molar-refractivity contribution in [3.8, 4) is 0 Å². The summed E-state index contributed by atoms with van der Waals surface area (Å²) in [4.78, 5) is 38.3. The highest BCUT2D eigenvalue weighted by molar-refractivity contribution is 6.15. The summed E-state index contributed by atoms with van der Waals surface area (Å²) in [6, 6.07) is 11.2. The highest BCUT2D eigenvalue weighted by atomic mass is 19.1. The molecule has 0 spiro atoms. The van der Waals surface area contributed by atoms with Crippen LogP contribution in [0.4, 0.5) is 4.39 Å². The minimum atomic E-state index is -0.953. The van der Waals surface area contributed by atoms with E-state index in [2.05, 4.69) is 0 Å². The number of amides is 1. The molecule has 1 fully saturated rings. The zero-order valence-electron chi connectivity index (χ0n) is 14.0. The summed E-state index contributed by atoms with van der Waals surface area (Å²) in [7, 11) is 0. The molecule has 1 N–H and O–H groups in total. The van der Waals surface area contributed by atoms with Gasteiger partial charge in [-0.1, -0.05) is 18.2 Å². The normalized spacial score (nSPS) is 16.5. The van der Waals surface area contributed by atoms with Gasteiger partial charge in [0.15, 0.2) is 5.78 Å². The van der Waals surface area contributed by atoms with Crippen LogP contribution in [-0.4, -0.2) is 40.3 Å². The van der Waals surface area contributed by atoms with Gasteiger partial charge in [0.05, 0.1) is 12.0 Å². The number of benzene rings is 2. The number of carboxylic acid groups (broad SMARTS) is 1. The Bertz CT molecular complexity index is 847. The summed E-state index contributed by atoms with van der Waals surface area (Å²) < 4.78 is 13.1. The average Bonchev–Trinajstić information content (AvgIpc) is 3.08. The average molecular weight is 355 g/mol. The topological polar surface area (TPSA) is 74.7 Å². The van der Waals surface area contributed by atoms with Crippen LogP contribution in [-0.2, 0) is 4.79 Å². The van der Waals surface area contributed by atoms with Gasteiger partial charge in [0.25, 0.3) is 5.91 Å². The summed E-state index contributed by atoms with van der Waals surface area (Å²) in [6.07, 6.45) is 1.25. The SMILES string of the molecule is O=C(O)CC1CCCN1C(=O)c1ccccc1C(=O)c1ccc(F)cc1. The summed E-state index contributed by atoms with van der Waals surface area (Å²) in [5, 5.41) is 9.04. The molecule has 0 aliphatic carbocycles. The lowest BCUT2D eigenvalue weighted by Gasteiger charge is -2.24. The van der Waals surface area contributed by atoms with Gasteiger partial charge in [0.1, 0.15) is 5.82 Å². The second kappa shape index (κ2) is 7.47. The zero-order valence-corrected chi connectivity index (χ0v) is 14.0. The fourth-order valence-electron chi connectivity index (χ4n) is 3.30. The third-order valence-corrected chi connectivity index (χ3v) is 4.56. The summed E-state index contributed by atoms with van der Waals surface area (Å²) in [5.41, 5.74) is 0.749. The third kappa shape index (κ3) is 3.64. The molecule has 0 radical (unpaired) electrons. The van der Waals surface area contributed by atoms with E-state index in [9.17, 15) is 18.8 Å². The van der Waals surface area contributed by atoms with E-state index in [-0.39, 0.29) is 40.8 Å². The number of likely N-dealkylation sites (tertiary alicyclic amines) is 1. The maximum Gasteiger partial charge on any atom is 0.305 e. The highest BCUT2D eigenvalue weighted by Crippen LogP contribution is 2.25. The largest absolute Gasteiger partial charge is 0.481 e. The fraction of sp³-hybridized carbons (Fsp3) is 0.250. The Morgan fingerprint density at radius 3 is 2.35 bits per heavy atom. The lowest BCUT2D eigenvalue weighted by molar-refractivity contribution is -0.137. The van der Waals surface area contributed by atoms with Gasteiger partial charge < -0.3 is 10.0 Å². The van der Waals surface area contributed by atoms with Crippen LogP contribution in [0.5, 0.6) is 0 Å². The van der Waals surface area contributed by atoms with Crippen LogP contribution in [0, 0.1) is 5.82 Å². The smallest absolute Gasteiger partial charge is 0.305 e. The molecule has 0 aromatic heterocycles. The summed E-state index contributed by atoms with van der Waals surface area (Å²) in [6.45, 7) is 0.468. The Kier molecular flexibility index (Phi) is 5.11. The Balaban J connectivity index is 1.91. The van der Waals surface area contributed by atoms with Gasteiger partial charge >= 0.3 is 5.97 Å². The first-order chi connectivity index (χ1) is 12.5. The number of carboxylic acids is 1. The van der Waals surface area contributed by atoms with E-state index >= 15 is 0 Å². The molecule has 134 valence electrons. The first-order valence-electron chi connectivity index (χ1n) is 8.39. The minimum absolute atomic E-state index is 0.111. The molecular formula is C20H18FNO4.